The van der Waals surface area contributed by atoms with Gasteiger partial charge in [-0.3, -0.25) is 4.79 Å². The van der Waals surface area contributed by atoms with E-state index in [0.717, 1.165) is 18.2 Å². The van der Waals surface area contributed by atoms with E-state index in [9.17, 15) is 36.2 Å². The molecule has 0 aliphatic carbocycles. The van der Waals surface area contributed by atoms with Crippen LogP contribution < -0.4 is 4.74 Å². The van der Waals surface area contributed by atoms with Gasteiger partial charge in [0.05, 0.1) is 21.1 Å². The fourth-order valence-corrected chi connectivity index (χ4v) is 2.65. The molecule has 2 aromatic rings. The van der Waals surface area contributed by atoms with Gasteiger partial charge in [-0.25, -0.2) is 0 Å². The largest absolute Gasteiger partial charge is 0.507 e. The first-order valence-electron chi connectivity index (χ1n) is 6.98. The Bertz CT molecular complexity index is 841. The van der Waals surface area contributed by atoms with Gasteiger partial charge in [0, 0.05) is 0 Å². The first kappa shape index (κ1) is 21.1. The van der Waals surface area contributed by atoms with Crippen LogP contribution in [-0.4, -0.2) is 16.2 Å². The van der Waals surface area contributed by atoms with Gasteiger partial charge in [0.1, 0.15) is 11.5 Å². The fraction of sp³-hybridized carbons (Fsp3) is 0.188. The van der Waals surface area contributed by atoms with Gasteiger partial charge in [-0.2, -0.15) is 26.3 Å². The molecule has 146 valence electrons. The summed E-state index contributed by atoms with van der Waals surface area (Å²) in [4.78, 5) is 10.7. The average Bonchev–Trinajstić information content (AvgIpc) is 2.49. The molecule has 11 heteroatoms. The third-order valence-electron chi connectivity index (χ3n) is 3.25. The molecule has 0 bridgehead atoms. The minimum absolute atomic E-state index is 0.148. The van der Waals surface area contributed by atoms with E-state index in [0.29, 0.717) is 12.1 Å². The Kier molecular flexibility index (Phi) is 5.82. The molecule has 0 aliphatic heterocycles. The van der Waals surface area contributed by atoms with Crippen molar-refractivity contribution in [1.29, 1.82) is 0 Å². The van der Waals surface area contributed by atoms with E-state index in [1.54, 1.807) is 22.6 Å². The van der Waals surface area contributed by atoms with Crippen LogP contribution in [0.3, 0.4) is 0 Å². The van der Waals surface area contributed by atoms with Crippen molar-refractivity contribution in [3.05, 3.63) is 50.6 Å². The molecule has 0 spiro atoms. The van der Waals surface area contributed by atoms with E-state index in [1.165, 1.54) is 0 Å². The minimum atomic E-state index is -5.23. The molecule has 0 radical (unpaired) electrons. The highest BCUT2D eigenvalue weighted by atomic mass is 127. The number of aliphatic carboxylic acids is 1. The summed E-state index contributed by atoms with van der Waals surface area (Å²) in [6.45, 7) is 0. The average molecular weight is 506 g/mol. The van der Waals surface area contributed by atoms with Crippen LogP contribution >= 0.6 is 22.6 Å². The highest BCUT2D eigenvalue weighted by Crippen LogP contribution is 2.46. The van der Waals surface area contributed by atoms with Gasteiger partial charge in [0.15, 0.2) is 5.75 Å². The Balaban J connectivity index is 2.71. The number of rotatable bonds is 4. The molecular formula is C16H9F6IO4. The van der Waals surface area contributed by atoms with Crippen molar-refractivity contribution in [3.63, 3.8) is 0 Å². The van der Waals surface area contributed by atoms with Gasteiger partial charge in [0.2, 0.25) is 0 Å². The Morgan fingerprint density at radius 1 is 1.00 bits per heavy atom. The Morgan fingerprint density at radius 2 is 1.52 bits per heavy atom. The lowest BCUT2D eigenvalue weighted by Gasteiger charge is -2.20. The van der Waals surface area contributed by atoms with Gasteiger partial charge in [-0.1, -0.05) is 0 Å². The van der Waals surface area contributed by atoms with Crippen LogP contribution in [0.1, 0.15) is 16.7 Å². The molecule has 0 saturated heterocycles. The molecule has 2 N–H and O–H groups in total. The molecular weight excluding hydrogens is 497 g/mol. The second kappa shape index (κ2) is 7.44. The molecule has 0 amide bonds. The number of hydrogen-bond acceptors (Lipinski definition) is 3. The quantitative estimate of drug-likeness (QED) is 0.428. The number of carbonyl (C=O) groups is 1. The number of phenolic OH excluding ortho intramolecular Hbond substituents is 1. The molecule has 0 aliphatic rings. The van der Waals surface area contributed by atoms with Crippen LogP contribution in [0.5, 0.6) is 17.2 Å². The predicted octanol–water partition coefficient (Wildman–Crippen LogP) is 5.45. The zero-order valence-electron chi connectivity index (χ0n) is 13.0. The van der Waals surface area contributed by atoms with E-state index < -0.39 is 47.2 Å². The van der Waals surface area contributed by atoms with Crippen LogP contribution in [0.4, 0.5) is 26.3 Å². The summed E-state index contributed by atoms with van der Waals surface area (Å²) in [6, 6.07) is 3.73. The standard InChI is InChI=1S/C16H9F6IO4/c17-15(18,19)9-3-7(5-13(25)26)4-10(16(20,21)22)14(9)27-8-1-2-12(24)11(23)6-8/h1-4,6,24H,5H2,(H,25,26). The summed E-state index contributed by atoms with van der Waals surface area (Å²) in [5.41, 5.74) is -4.18. The van der Waals surface area contributed by atoms with Gasteiger partial charge >= 0.3 is 18.3 Å². The van der Waals surface area contributed by atoms with Crippen molar-refractivity contribution in [2.24, 2.45) is 0 Å². The first-order valence-corrected chi connectivity index (χ1v) is 8.06. The summed E-state index contributed by atoms with van der Waals surface area (Å²) >= 11 is 1.62. The van der Waals surface area contributed by atoms with Gasteiger partial charge in [-0.05, 0) is 58.5 Å². The number of carboxylic acid groups (broad SMARTS) is 1. The van der Waals surface area contributed by atoms with E-state index in [4.69, 9.17) is 9.84 Å². The number of alkyl halides is 6. The number of carboxylic acids is 1. The van der Waals surface area contributed by atoms with Crippen LogP contribution in [0.15, 0.2) is 30.3 Å². The maximum atomic E-state index is 13.3. The van der Waals surface area contributed by atoms with Crippen molar-refractivity contribution in [3.8, 4) is 17.2 Å². The number of benzene rings is 2. The summed E-state index contributed by atoms with van der Waals surface area (Å²) in [6.07, 6.45) is -11.5. The summed E-state index contributed by atoms with van der Waals surface area (Å²) in [5, 5.41) is 18.1. The molecule has 0 heterocycles. The molecule has 2 rings (SSSR count). The van der Waals surface area contributed by atoms with Crippen molar-refractivity contribution >= 4 is 28.6 Å². The molecule has 0 aromatic heterocycles. The predicted molar refractivity (Wildman–Crippen MR) is 88.7 cm³/mol. The number of phenols is 1. The maximum Gasteiger partial charge on any atom is 0.420 e. The Hall–Kier alpha value is -2.18. The van der Waals surface area contributed by atoms with E-state index in [1.807, 2.05) is 0 Å². The van der Waals surface area contributed by atoms with E-state index in [2.05, 4.69) is 0 Å². The van der Waals surface area contributed by atoms with Gasteiger partial charge < -0.3 is 14.9 Å². The lowest BCUT2D eigenvalue weighted by Crippen LogP contribution is -2.16. The van der Waals surface area contributed by atoms with Crippen molar-refractivity contribution in [1.82, 2.24) is 0 Å². The first-order chi connectivity index (χ1) is 12.3. The summed E-state index contributed by atoms with van der Waals surface area (Å²) in [5.74, 6) is -3.67. The zero-order valence-corrected chi connectivity index (χ0v) is 15.1. The molecule has 2 aromatic carbocycles. The van der Waals surface area contributed by atoms with Crippen LogP contribution in [0.25, 0.3) is 0 Å². The van der Waals surface area contributed by atoms with Crippen molar-refractivity contribution < 1.29 is 46.1 Å². The number of ether oxygens (including phenoxy) is 1. The van der Waals surface area contributed by atoms with Crippen LogP contribution in [0.2, 0.25) is 0 Å². The normalized spacial score (nSPS) is 12.1. The van der Waals surface area contributed by atoms with Gasteiger partial charge in [0.25, 0.3) is 0 Å². The number of aromatic hydroxyl groups is 1. The van der Waals surface area contributed by atoms with Gasteiger partial charge in [-0.15, -0.1) is 0 Å². The highest BCUT2D eigenvalue weighted by Gasteiger charge is 2.43. The Labute approximate surface area is 161 Å². The topological polar surface area (TPSA) is 66.8 Å². The maximum absolute atomic E-state index is 13.3. The molecule has 0 saturated carbocycles. The lowest BCUT2D eigenvalue weighted by atomic mass is 10.0. The second-order valence-electron chi connectivity index (χ2n) is 5.30. The fourth-order valence-electron chi connectivity index (χ4n) is 2.17. The summed E-state index contributed by atoms with van der Waals surface area (Å²) < 4.78 is 85.1. The monoisotopic (exact) mass is 506 g/mol. The molecule has 4 nitrogen and oxygen atoms in total. The summed E-state index contributed by atoms with van der Waals surface area (Å²) in [7, 11) is 0. The van der Waals surface area contributed by atoms with Crippen LogP contribution in [-0.2, 0) is 23.6 Å². The molecule has 0 fully saturated rings. The third kappa shape index (κ3) is 5.17. The lowest BCUT2D eigenvalue weighted by molar-refractivity contribution is -0.145. The van der Waals surface area contributed by atoms with E-state index in [-0.39, 0.29) is 15.1 Å². The van der Waals surface area contributed by atoms with Crippen molar-refractivity contribution in [2.45, 2.75) is 18.8 Å². The molecule has 27 heavy (non-hydrogen) atoms. The number of hydrogen-bond donors (Lipinski definition) is 2. The highest BCUT2D eigenvalue weighted by molar-refractivity contribution is 14.1. The smallest absolute Gasteiger partial charge is 0.420 e. The van der Waals surface area contributed by atoms with E-state index >= 15 is 0 Å². The Morgan fingerprint density at radius 3 is 1.93 bits per heavy atom. The second-order valence-corrected chi connectivity index (χ2v) is 6.46. The zero-order chi connectivity index (χ0) is 20.6. The third-order valence-corrected chi connectivity index (χ3v) is 4.12. The van der Waals surface area contributed by atoms with Crippen molar-refractivity contribution in [2.75, 3.05) is 0 Å². The number of halogens is 7. The van der Waals surface area contributed by atoms with Crippen LogP contribution in [0, 0.1) is 3.57 Å². The SMILES string of the molecule is O=C(O)Cc1cc(C(F)(F)F)c(Oc2ccc(O)c(I)c2)c(C(F)(F)F)c1. The molecule has 0 atom stereocenters. The minimum Gasteiger partial charge on any atom is -0.507 e. The molecule has 0 unspecified atom stereocenters.